The minimum Gasteiger partial charge on any atom is -0.296 e. The van der Waals surface area contributed by atoms with Crippen LogP contribution in [-0.2, 0) is 0 Å². The van der Waals surface area contributed by atoms with Gasteiger partial charge in [0, 0.05) is 6.04 Å². The lowest BCUT2D eigenvalue weighted by Gasteiger charge is -2.15. The minimum atomic E-state index is 0.139. The number of hydrogen-bond acceptors (Lipinski definition) is 1. The topological polar surface area (TPSA) is 35.8 Å². The van der Waals surface area contributed by atoms with Gasteiger partial charge in [0.15, 0.2) is 0 Å². The van der Waals surface area contributed by atoms with Gasteiger partial charge in [-0.3, -0.25) is 5.32 Å². The zero-order valence-electron chi connectivity index (χ0n) is 8.65. The molecule has 0 radical (unpaired) electrons. The van der Waals surface area contributed by atoms with Crippen molar-refractivity contribution < 1.29 is 5.26 Å². The maximum Gasteiger partial charge on any atom is 0.289 e. The van der Waals surface area contributed by atoms with Crippen LogP contribution in [0.3, 0.4) is 0 Å². The number of rotatable bonds is 5. The van der Waals surface area contributed by atoms with E-state index in [1.165, 1.54) is 6.42 Å². The van der Waals surface area contributed by atoms with Crippen molar-refractivity contribution >= 4 is 0 Å². The normalized spacial score (nSPS) is 15.7. The molecule has 2 heteroatoms. The molecule has 0 aromatic heterocycles. The summed E-state index contributed by atoms with van der Waals surface area (Å²) >= 11 is 0. The summed E-state index contributed by atoms with van der Waals surface area (Å²) in [4.78, 5) is 0. The first-order chi connectivity index (χ1) is 5.60. The van der Waals surface area contributed by atoms with E-state index in [1.54, 1.807) is 0 Å². The van der Waals surface area contributed by atoms with E-state index < -0.39 is 0 Å². The number of hydrogen-bond donors (Lipinski definition) is 2. The van der Waals surface area contributed by atoms with Crippen LogP contribution in [0.4, 0.5) is 0 Å². The largest absolute Gasteiger partial charge is 0.296 e. The highest BCUT2D eigenvalue weighted by Gasteiger charge is 2.14. The van der Waals surface area contributed by atoms with Crippen LogP contribution in [0.1, 0.15) is 40.5 Å². The summed E-state index contributed by atoms with van der Waals surface area (Å²) in [5.74, 6) is 0.680. The third-order valence-corrected chi connectivity index (χ3v) is 2.04. The second-order valence-corrected chi connectivity index (χ2v) is 3.77. The predicted octanol–water partition coefficient (Wildman–Crippen LogP) is 0.562. The molecule has 0 aliphatic carbocycles. The van der Waals surface area contributed by atoms with Crippen molar-refractivity contribution in [2.24, 2.45) is 5.92 Å². The fourth-order valence-corrected chi connectivity index (χ4v) is 1.14. The Morgan fingerprint density at radius 3 is 2.25 bits per heavy atom. The zero-order valence-corrected chi connectivity index (χ0v) is 8.65. The van der Waals surface area contributed by atoms with Crippen LogP contribution >= 0.6 is 0 Å². The molecule has 0 amide bonds. The van der Waals surface area contributed by atoms with Gasteiger partial charge in [-0.1, -0.05) is 25.5 Å². The van der Waals surface area contributed by atoms with Crippen molar-refractivity contribution in [1.82, 2.24) is 5.32 Å². The van der Waals surface area contributed by atoms with E-state index in [2.05, 4.69) is 39.1 Å². The maximum atomic E-state index is 7.11. The maximum absolute atomic E-state index is 7.11. The molecule has 0 saturated carbocycles. The first kappa shape index (κ1) is 11.4. The zero-order chi connectivity index (χ0) is 9.56. The molecule has 0 aliphatic rings. The Bertz CT molecular complexity index is 146. The molecule has 0 saturated heterocycles. The van der Waals surface area contributed by atoms with Crippen LogP contribution in [0.5, 0.6) is 0 Å². The molecule has 0 aliphatic heterocycles. The summed E-state index contributed by atoms with van der Waals surface area (Å²) in [7, 11) is 0. The Kier molecular flexibility index (Phi) is 5.74. The summed E-state index contributed by atoms with van der Waals surface area (Å²) in [5, 5.41) is 10.4. The van der Waals surface area contributed by atoms with Crippen LogP contribution < -0.4 is 10.6 Å². The van der Waals surface area contributed by atoms with E-state index in [0.29, 0.717) is 12.0 Å². The van der Waals surface area contributed by atoms with Crippen LogP contribution in [-0.4, -0.2) is 12.1 Å². The molecule has 0 bridgehead atoms. The molecule has 2 atom stereocenters. The monoisotopic (exact) mass is 169 g/mol. The van der Waals surface area contributed by atoms with Gasteiger partial charge in [0.25, 0.3) is 6.07 Å². The molecule has 2 N–H and O–H groups in total. The summed E-state index contributed by atoms with van der Waals surface area (Å²) in [6.07, 6.45) is 2.20. The van der Waals surface area contributed by atoms with Gasteiger partial charge in [0.05, 0.1) is 0 Å². The second kappa shape index (κ2) is 6.02. The standard InChI is InChI=1S/C10H20N2/c1-5-9(4)6-10(7-11)12-8(2)3/h8-10,12H,5-6H2,1-4H3/p+1/t9-,10+/m1/s1. The molecule has 0 aromatic carbocycles. The first-order valence-electron chi connectivity index (χ1n) is 4.78. The Labute approximate surface area is 76.0 Å². The second-order valence-electron chi connectivity index (χ2n) is 3.77. The Morgan fingerprint density at radius 1 is 1.33 bits per heavy atom. The molecular formula is C10H21N2+. The third-order valence-electron chi connectivity index (χ3n) is 2.04. The molecular weight excluding hydrogens is 148 g/mol. The molecule has 0 rings (SSSR count). The van der Waals surface area contributed by atoms with Gasteiger partial charge in [-0.05, 0) is 26.2 Å². The van der Waals surface area contributed by atoms with Crippen molar-refractivity contribution in [2.45, 2.75) is 52.6 Å². The minimum absolute atomic E-state index is 0.139. The van der Waals surface area contributed by atoms with Gasteiger partial charge in [-0.25, -0.2) is 0 Å². The fourth-order valence-electron chi connectivity index (χ4n) is 1.14. The van der Waals surface area contributed by atoms with Crippen molar-refractivity contribution in [3.63, 3.8) is 0 Å². The van der Waals surface area contributed by atoms with Crippen molar-refractivity contribution in [3.05, 3.63) is 0 Å². The van der Waals surface area contributed by atoms with Gasteiger partial charge in [-0.15, -0.1) is 0 Å². The van der Waals surface area contributed by atoms with E-state index >= 15 is 0 Å². The molecule has 0 unspecified atom stereocenters. The summed E-state index contributed by atoms with van der Waals surface area (Å²) in [5.41, 5.74) is 0. The Hall–Kier alpha value is -0.550. The quantitative estimate of drug-likeness (QED) is 0.620. The molecule has 12 heavy (non-hydrogen) atoms. The van der Waals surface area contributed by atoms with Gasteiger partial charge in [-0.2, -0.15) is 0 Å². The predicted molar refractivity (Wildman–Crippen MR) is 51.0 cm³/mol. The molecule has 0 aromatic rings. The SMILES string of the molecule is CC[C@@H](C)C[C@@H](C#[NH+])NC(C)C. The first-order valence-corrected chi connectivity index (χ1v) is 4.78. The van der Waals surface area contributed by atoms with Crippen molar-refractivity contribution in [1.29, 1.82) is 0 Å². The van der Waals surface area contributed by atoms with Crippen LogP contribution in [0.15, 0.2) is 0 Å². The average molecular weight is 169 g/mol. The van der Waals surface area contributed by atoms with E-state index in [4.69, 9.17) is 5.26 Å². The van der Waals surface area contributed by atoms with E-state index in [0.717, 1.165) is 6.42 Å². The van der Waals surface area contributed by atoms with Gasteiger partial charge in [0.1, 0.15) is 6.04 Å². The highest BCUT2D eigenvalue weighted by Crippen LogP contribution is 2.09. The highest BCUT2D eigenvalue weighted by atomic mass is 14.9. The number of nitrogens with one attached hydrogen (secondary N) is 2. The smallest absolute Gasteiger partial charge is 0.289 e. The molecule has 0 fully saturated rings. The van der Waals surface area contributed by atoms with Gasteiger partial charge < -0.3 is 0 Å². The Balaban J connectivity index is 3.77. The van der Waals surface area contributed by atoms with Crippen LogP contribution in [0.2, 0.25) is 0 Å². The Morgan fingerprint density at radius 2 is 1.92 bits per heavy atom. The third kappa shape index (κ3) is 5.15. The molecule has 0 heterocycles. The average Bonchev–Trinajstić information content (AvgIpc) is 2.02. The summed E-state index contributed by atoms with van der Waals surface area (Å²) in [6, 6.07) is 3.12. The highest BCUT2D eigenvalue weighted by molar-refractivity contribution is 4.89. The lowest BCUT2D eigenvalue weighted by molar-refractivity contribution is -0.0974. The van der Waals surface area contributed by atoms with E-state index in [-0.39, 0.29) is 6.04 Å². The van der Waals surface area contributed by atoms with E-state index in [9.17, 15) is 0 Å². The summed E-state index contributed by atoms with van der Waals surface area (Å²) in [6.45, 7) is 8.59. The van der Waals surface area contributed by atoms with Gasteiger partial charge in [0.2, 0.25) is 0 Å². The summed E-state index contributed by atoms with van der Waals surface area (Å²) < 4.78 is 0. The lowest BCUT2D eigenvalue weighted by atomic mass is 10.00. The van der Waals surface area contributed by atoms with Crippen molar-refractivity contribution in [3.8, 4) is 6.07 Å². The van der Waals surface area contributed by atoms with Crippen LogP contribution in [0, 0.1) is 12.0 Å². The molecule has 0 spiro atoms. The lowest BCUT2D eigenvalue weighted by Crippen LogP contribution is -2.39. The van der Waals surface area contributed by atoms with E-state index in [1.807, 2.05) is 0 Å². The van der Waals surface area contributed by atoms with Crippen molar-refractivity contribution in [2.75, 3.05) is 0 Å². The fraction of sp³-hybridized carbons (Fsp3) is 0.900. The molecule has 2 nitrogen and oxygen atoms in total. The van der Waals surface area contributed by atoms with Gasteiger partial charge >= 0.3 is 0 Å². The van der Waals surface area contributed by atoms with Crippen LogP contribution in [0.25, 0.3) is 0 Å². The molecule has 70 valence electrons.